The summed E-state index contributed by atoms with van der Waals surface area (Å²) in [5, 5.41) is 10.3. The van der Waals surface area contributed by atoms with E-state index in [4.69, 9.17) is 5.73 Å². The summed E-state index contributed by atoms with van der Waals surface area (Å²) in [5.74, 6) is 0.791. The molecule has 0 radical (unpaired) electrons. The summed E-state index contributed by atoms with van der Waals surface area (Å²) in [7, 11) is -1.46. The van der Waals surface area contributed by atoms with Gasteiger partial charge in [-0.2, -0.15) is 0 Å². The zero-order valence-electron chi connectivity index (χ0n) is 13.0. The number of aliphatic hydroxyl groups is 1. The zero-order chi connectivity index (χ0) is 17.0. The van der Waals surface area contributed by atoms with Gasteiger partial charge in [-0.3, -0.25) is 9.62 Å². The topological polar surface area (TPSA) is 110 Å². The van der Waals surface area contributed by atoms with E-state index in [0.717, 1.165) is 12.1 Å². The number of hydrogen-bond acceptors (Lipinski definition) is 5. The molecule has 7 nitrogen and oxygen atoms in total. The van der Waals surface area contributed by atoms with Crippen LogP contribution in [0.1, 0.15) is 11.7 Å². The number of sulfonamides is 1. The van der Waals surface area contributed by atoms with Crippen molar-refractivity contribution in [3.8, 4) is 0 Å². The van der Waals surface area contributed by atoms with Gasteiger partial charge in [0.25, 0.3) is 5.82 Å². The van der Waals surface area contributed by atoms with E-state index in [0.29, 0.717) is 23.5 Å². The van der Waals surface area contributed by atoms with Crippen molar-refractivity contribution in [1.29, 1.82) is 0 Å². The Bertz CT molecular complexity index is 763. The number of nitrogens with zero attached hydrogens (tertiary/aromatic N) is 1. The molecule has 0 amide bonds. The Hall–Kier alpha value is -2.32. The molecule has 8 heteroatoms. The smallest absolute Gasteiger partial charge is 0.276 e. The molecule has 0 saturated heterocycles. The van der Waals surface area contributed by atoms with Crippen molar-refractivity contribution in [2.45, 2.75) is 6.10 Å². The van der Waals surface area contributed by atoms with Crippen LogP contribution >= 0.6 is 0 Å². The van der Waals surface area contributed by atoms with E-state index in [2.05, 4.69) is 9.71 Å². The van der Waals surface area contributed by atoms with E-state index in [-0.39, 0.29) is 0 Å². The number of benzene rings is 1. The number of nitrogens with two attached hydrogens (primary N) is 1. The zero-order valence-corrected chi connectivity index (χ0v) is 13.8. The second-order valence-electron chi connectivity index (χ2n) is 5.40. The van der Waals surface area contributed by atoms with Crippen molar-refractivity contribution in [2.24, 2.45) is 0 Å². The van der Waals surface area contributed by atoms with Crippen LogP contribution in [0.4, 0.5) is 17.2 Å². The van der Waals surface area contributed by atoms with E-state index in [1.807, 2.05) is 11.9 Å². The molecule has 0 fully saturated rings. The first kappa shape index (κ1) is 17.0. The van der Waals surface area contributed by atoms with Crippen LogP contribution in [0.2, 0.25) is 0 Å². The van der Waals surface area contributed by atoms with Gasteiger partial charge >= 0.3 is 0 Å². The quantitative estimate of drug-likeness (QED) is 0.716. The minimum absolute atomic E-state index is 0.360. The average molecular weight is 337 g/mol. The van der Waals surface area contributed by atoms with Crippen molar-refractivity contribution in [1.82, 2.24) is 0 Å². The normalized spacial score (nSPS) is 12.7. The van der Waals surface area contributed by atoms with Gasteiger partial charge in [-0.05, 0) is 17.7 Å². The first-order chi connectivity index (χ1) is 10.7. The van der Waals surface area contributed by atoms with Crippen LogP contribution in [0.3, 0.4) is 0 Å². The van der Waals surface area contributed by atoms with Gasteiger partial charge in [0.05, 0.1) is 25.6 Å². The fourth-order valence-corrected chi connectivity index (χ4v) is 2.71. The third kappa shape index (κ3) is 5.11. The van der Waals surface area contributed by atoms with Crippen LogP contribution in [0.15, 0.2) is 42.6 Å². The number of pyridine rings is 1. The lowest BCUT2D eigenvalue weighted by atomic mass is 10.1. The molecule has 0 aliphatic heterocycles. The maximum Gasteiger partial charge on any atom is 0.276 e. The second-order valence-corrected chi connectivity index (χ2v) is 7.15. The third-order valence-corrected chi connectivity index (χ3v) is 3.87. The van der Waals surface area contributed by atoms with Crippen LogP contribution < -0.4 is 20.3 Å². The van der Waals surface area contributed by atoms with Crippen LogP contribution in [0.25, 0.3) is 0 Å². The van der Waals surface area contributed by atoms with Crippen LogP contribution in [-0.4, -0.2) is 33.4 Å². The molecule has 1 unspecified atom stereocenters. The lowest BCUT2D eigenvalue weighted by Crippen LogP contribution is -2.29. The maximum absolute atomic E-state index is 11.2. The highest BCUT2D eigenvalue weighted by Crippen LogP contribution is 2.19. The summed E-state index contributed by atoms with van der Waals surface area (Å²) in [6.07, 6.45) is 2.11. The summed E-state index contributed by atoms with van der Waals surface area (Å²) in [5.41, 5.74) is 7.53. The molecule has 1 aromatic carbocycles. The van der Waals surface area contributed by atoms with Crippen molar-refractivity contribution < 1.29 is 18.5 Å². The third-order valence-electron chi connectivity index (χ3n) is 3.27. The fourth-order valence-electron chi connectivity index (χ4n) is 2.14. The summed E-state index contributed by atoms with van der Waals surface area (Å²) >= 11 is 0. The van der Waals surface area contributed by atoms with E-state index >= 15 is 0 Å². The average Bonchev–Trinajstić information content (AvgIpc) is 2.46. The monoisotopic (exact) mass is 337 g/mol. The first-order valence-electron chi connectivity index (χ1n) is 6.99. The second kappa shape index (κ2) is 6.84. The van der Waals surface area contributed by atoms with E-state index in [9.17, 15) is 13.5 Å². The van der Waals surface area contributed by atoms with Gasteiger partial charge in [0.1, 0.15) is 12.6 Å². The van der Waals surface area contributed by atoms with Gasteiger partial charge in [0, 0.05) is 17.4 Å². The number of likely N-dealkylation sites (N-methyl/N-ethyl adjacent to an activating group) is 1. The van der Waals surface area contributed by atoms with Crippen LogP contribution in [-0.2, 0) is 10.0 Å². The predicted molar refractivity (Wildman–Crippen MR) is 90.5 cm³/mol. The number of aromatic nitrogens is 1. The van der Waals surface area contributed by atoms with Gasteiger partial charge in [0.2, 0.25) is 10.0 Å². The molecule has 2 rings (SSSR count). The Balaban J connectivity index is 2.04. The highest BCUT2D eigenvalue weighted by molar-refractivity contribution is 7.92. The molecule has 0 bridgehead atoms. The minimum atomic E-state index is -3.31. The van der Waals surface area contributed by atoms with Gasteiger partial charge in [-0.25, -0.2) is 13.4 Å². The number of aromatic amines is 1. The van der Waals surface area contributed by atoms with Gasteiger partial charge in [-0.1, -0.05) is 12.1 Å². The Morgan fingerprint density at radius 1 is 1.30 bits per heavy atom. The number of hydrogen-bond donors (Lipinski definition) is 3. The molecular weight excluding hydrogens is 316 g/mol. The van der Waals surface area contributed by atoms with Gasteiger partial charge in [-0.15, -0.1) is 0 Å². The molecule has 0 aliphatic carbocycles. The highest BCUT2D eigenvalue weighted by Gasteiger charge is 2.17. The number of aliphatic hydroxyl groups excluding tert-OH is 1. The van der Waals surface area contributed by atoms with E-state index in [1.54, 1.807) is 42.6 Å². The van der Waals surface area contributed by atoms with E-state index < -0.39 is 16.1 Å². The van der Waals surface area contributed by atoms with Crippen molar-refractivity contribution in [2.75, 3.05) is 35.2 Å². The standard InChI is InChI=1S/C15H20N4O3S/c1-19(15-9-12(16)7-8-17-15)10-14(20)11-3-5-13(6-4-11)18-23(2,21)22/h3-9,14,18,20H,10H2,1-2H3,(H2,16,17)/p+1. The summed E-state index contributed by atoms with van der Waals surface area (Å²) < 4.78 is 24.7. The number of anilines is 3. The predicted octanol–water partition coefficient (Wildman–Crippen LogP) is 0.624. The number of nitrogens with one attached hydrogen (secondary N) is 2. The molecule has 0 aliphatic rings. The SMILES string of the molecule is CN(CC(O)c1ccc(NS(C)(=O)=O)cc1)c1cc(N)cc[nH+]1. The van der Waals surface area contributed by atoms with Crippen LogP contribution in [0, 0.1) is 0 Å². The molecule has 0 spiro atoms. The lowest BCUT2D eigenvalue weighted by Gasteiger charge is -2.16. The summed E-state index contributed by atoms with van der Waals surface area (Å²) in [6, 6.07) is 10.1. The maximum atomic E-state index is 11.2. The highest BCUT2D eigenvalue weighted by atomic mass is 32.2. The Morgan fingerprint density at radius 3 is 2.52 bits per heavy atom. The van der Waals surface area contributed by atoms with Gasteiger partial charge in [0.15, 0.2) is 0 Å². The fraction of sp³-hybridized carbons (Fsp3) is 0.267. The Labute approximate surface area is 135 Å². The Morgan fingerprint density at radius 2 is 1.96 bits per heavy atom. The molecule has 1 heterocycles. The summed E-state index contributed by atoms with van der Waals surface area (Å²) in [4.78, 5) is 4.91. The molecular formula is C15H21N4O3S+. The number of H-pyrrole nitrogens is 1. The molecule has 2 aromatic rings. The lowest BCUT2D eigenvalue weighted by molar-refractivity contribution is -0.363. The molecule has 1 aromatic heterocycles. The summed E-state index contributed by atoms with van der Waals surface area (Å²) in [6.45, 7) is 0.360. The molecule has 124 valence electrons. The van der Waals surface area contributed by atoms with Gasteiger partial charge < -0.3 is 10.8 Å². The largest absolute Gasteiger partial charge is 0.398 e. The Kier molecular flexibility index (Phi) is 5.07. The van der Waals surface area contributed by atoms with Crippen molar-refractivity contribution in [3.63, 3.8) is 0 Å². The molecule has 5 N–H and O–H groups in total. The van der Waals surface area contributed by atoms with Crippen LogP contribution in [0.5, 0.6) is 0 Å². The molecule has 1 atom stereocenters. The van der Waals surface area contributed by atoms with E-state index in [1.165, 1.54) is 0 Å². The van der Waals surface area contributed by atoms with Crippen molar-refractivity contribution >= 4 is 27.2 Å². The molecule has 0 saturated carbocycles. The molecule has 23 heavy (non-hydrogen) atoms. The first-order valence-corrected chi connectivity index (χ1v) is 8.88. The minimum Gasteiger partial charge on any atom is -0.398 e. The number of nitrogen functional groups attached to an aromatic ring is 1. The number of rotatable bonds is 6. The van der Waals surface area contributed by atoms with Crippen molar-refractivity contribution in [3.05, 3.63) is 48.2 Å².